The Balaban J connectivity index is 2.35. The average molecular weight is 127 g/mol. The lowest BCUT2D eigenvalue weighted by Gasteiger charge is -1.86. The van der Waals surface area contributed by atoms with E-state index in [1.54, 1.807) is 0 Å². The molecule has 0 bridgehead atoms. The predicted octanol–water partition coefficient (Wildman–Crippen LogP) is -1.15. The molecule has 2 atom stereocenters. The van der Waals surface area contributed by atoms with Crippen LogP contribution in [-0.2, 0) is 4.79 Å². The molecule has 0 heterocycles. The zero-order valence-electron chi connectivity index (χ0n) is 4.95. The number of hydrogen-bond acceptors (Lipinski definition) is 2. The Bertz CT molecular complexity index is 150. The second-order valence-corrected chi connectivity index (χ2v) is 2.16. The van der Waals surface area contributed by atoms with Crippen molar-refractivity contribution in [2.75, 3.05) is 0 Å². The van der Waals surface area contributed by atoms with Crippen LogP contribution in [0, 0.1) is 5.92 Å². The molecule has 0 unspecified atom stereocenters. The summed E-state index contributed by atoms with van der Waals surface area (Å²) in [6.45, 7) is 0. The van der Waals surface area contributed by atoms with Crippen molar-refractivity contribution in [3.63, 3.8) is 0 Å². The molecule has 0 amide bonds. The maximum absolute atomic E-state index is 10.0. The van der Waals surface area contributed by atoms with Crippen molar-refractivity contribution in [3.8, 4) is 0 Å². The molecule has 9 heavy (non-hydrogen) atoms. The molecular weight excluding hydrogens is 118 g/mol. The van der Waals surface area contributed by atoms with Crippen molar-refractivity contribution in [1.82, 2.24) is 0 Å². The van der Waals surface area contributed by atoms with E-state index in [9.17, 15) is 4.79 Å². The smallest absolute Gasteiger partial charge is 0.186 e. The molecule has 4 nitrogen and oxygen atoms in total. The van der Waals surface area contributed by atoms with Crippen LogP contribution in [-0.4, -0.2) is 18.3 Å². The number of aliphatic imine (C=N–C) groups is 1. The molecule has 1 aliphatic carbocycles. The van der Waals surface area contributed by atoms with Gasteiger partial charge >= 0.3 is 0 Å². The molecule has 4 N–H and O–H groups in total. The van der Waals surface area contributed by atoms with Gasteiger partial charge in [0.1, 0.15) is 6.29 Å². The number of carbonyl (C=O) groups is 1. The highest BCUT2D eigenvalue weighted by Crippen LogP contribution is 2.30. The molecule has 1 aliphatic rings. The van der Waals surface area contributed by atoms with E-state index in [1.165, 1.54) is 0 Å². The lowest BCUT2D eigenvalue weighted by Crippen LogP contribution is -2.23. The summed E-state index contributed by atoms with van der Waals surface area (Å²) in [5.74, 6) is 0.149. The third kappa shape index (κ3) is 1.42. The number of nitrogens with zero attached hydrogens (tertiary/aromatic N) is 1. The average Bonchev–Trinajstić information content (AvgIpc) is 2.45. The highest BCUT2D eigenvalue weighted by molar-refractivity contribution is 5.76. The van der Waals surface area contributed by atoms with Gasteiger partial charge in [0.15, 0.2) is 5.96 Å². The molecule has 0 aromatic rings. The van der Waals surface area contributed by atoms with Crippen LogP contribution in [0.5, 0.6) is 0 Å². The van der Waals surface area contributed by atoms with E-state index in [-0.39, 0.29) is 17.9 Å². The standard InChI is InChI=1S/C5H9N3O/c6-5(7)8-4-1-3(4)2-9/h2-4H,1H2,(H4,6,7,8)/t3-,4-/m1/s1. The fraction of sp³-hybridized carbons (Fsp3) is 0.600. The Morgan fingerprint density at radius 1 is 1.67 bits per heavy atom. The molecular formula is C5H9N3O. The zero-order valence-corrected chi connectivity index (χ0v) is 4.95. The zero-order chi connectivity index (χ0) is 6.85. The summed E-state index contributed by atoms with van der Waals surface area (Å²) in [7, 11) is 0. The minimum atomic E-state index is 0.0735. The molecule has 0 radical (unpaired) electrons. The largest absolute Gasteiger partial charge is 0.370 e. The van der Waals surface area contributed by atoms with Crippen LogP contribution in [0.1, 0.15) is 6.42 Å². The Kier molecular flexibility index (Phi) is 1.38. The minimum absolute atomic E-state index is 0.0735. The van der Waals surface area contributed by atoms with Crippen LogP contribution < -0.4 is 11.5 Å². The molecule has 1 rings (SSSR count). The number of hydrogen-bond donors (Lipinski definition) is 2. The van der Waals surface area contributed by atoms with E-state index in [0.29, 0.717) is 0 Å². The van der Waals surface area contributed by atoms with Gasteiger partial charge in [-0.2, -0.15) is 0 Å². The Morgan fingerprint density at radius 3 is 2.67 bits per heavy atom. The van der Waals surface area contributed by atoms with Crippen LogP contribution in [0.25, 0.3) is 0 Å². The highest BCUT2D eigenvalue weighted by atomic mass is 16.1. The monoisotopic (exact) mass is 127 g/mol. The van der Waals surface area contributed by atoms with Crippen molar-refractivity contribution < 1.29 is 4.79 Å². The summed E-state index contributed by atoms with van der Waals surface area (Å²) in [5, 5.41) is 0. The number of aldehydes is 1. The van der Waals surface area contributed by atoms with E-state index >= 15 is 0 Å². The molecule has 0 aromatic heterocycles. The van der Waals surface area contributed by atoms with Gasteiger partial charge in [0.05, 0.1) is 6.04 Å². The van der Waals surface area contributed by atoms with Gasteiger partial charge in [0.2, 0.25) is 0 Å². The first-order chi connectivity index (χ1) is 4.24. The topological polar surface area (TPSA) is 81.5 Å². The van der Waals surface area contributed by atoms with Gasteiger partial charge in [-0.15, -0.1) is 0 Å². The number of rotatable bonds is 2. The fourth-order valence-electron chi connectivity index (χ4n) is 0.686. The maximum atomic E-state index is 10.0. The van der Waals surface area contributed by atoms with Crippen LogP contribution in [0.4, 0.5) is 0 Å². The summed E-state index contributed by atoms with van der Waals surface area (Å²) in [6, 6.07) is 0.0764. The Labute approximate surface area is 52.9 Å². The Morgan fingerprint density at radius 2 is 2.33 bits per heavy atom. The number of guanidine groups is 1. The van der Waals surface area contributed by atoms with Crippen LogP contribution >= 0.6 is 0 Å². The van der Waals surface area contributed by atoms with E-state index in [0.717, 1.165) is 12.7 Å². The van der Waals surface area contributed by atoms with Crippen molar-refractivity contribution in [1.29, 1.82) is 0 Å². The predicted molar refractivity (Wildman–Crippen MR) is 33.8 cm³/mol. The molecule has 1 fully saturated rings. The van der Waals surface area contributed by atoms with Gasteiger partial charge in [-0.1, -0.05) is 0 Å². The number of carbonyl (C=O) groups excluding carboxylic acids is 1. The lowest BCUT2D eigenvalue weighted by molar-refractivity contribution is -0.108. The summed E-state index contributed by atoms with van der Waals surface area (Å²) in [4.78, 5) is 13.8. The second-order valence-electron chi connectivity index (χ2n) is 2.16. The van der Waals surface area contributed by atoms with Gasteiger partial charge in [-0.25, -0.2) is 4.99 Å². The molecule has 0 aromatic carbocycles. The first-order valence-corrected chi connectivity index (χ1v) is 2.78. The summed E-state index contributed by atoms with van der Waals surface area (Å²) < 4.78 is 0. The van der Waals surface area contributed by atoms with Gasteiger partial charge in [0.25, 0.3) is 0 Å². The summed E-state index contributed by atoms with van der Waals surface area (Å²) in [5.41, 5.74) is 10.1. The first kappa shape index (κ1) is 6.07. The number of nitrogens with two attached hydrogens (primary N) is 2. The first-order valence-electron chi connectivity index (χ1n) is 2.78. The SMILES string of the molecule is NC(N)=N[C@@H]1C[C@@H]1C=O. The quantitative estimate of drug-likeness (QED) is 0.279. The molecule has 4 heteroatoms. The normalized spacial score (nSPS) is 31.1. The van der Waals surface area contributed by atoms with Gasteiger partial charge < -0.3 is 16.3 Å². The van der Waals surface area contributed by atoms with E-state index in [1.807, 2.05) is 0 Å². The van der Waals surface area contributed by atoms with Crippen LogP contribution in [0.3, 0.4) is 0 Å². The molecule has 0 aliphatic heterocycles. The van der Waals surface area contributed by atoms with Gasteiger partial charge in [-0.3, -0.25) is 0 Å². The third-order valence-electron chi connectivity index (χ3n) is 1.29. The summed E-state index contributed by atoms with van der Waals surface area (Å²) in [6.07, 6.45) is 1.69. The minimum Gasteiger partial charge on any atom is -0.370 e. The molecule has 0 saturated heterocycles. The van der Waals surface area contributed by atoms with E-state index in [4.69, 9.17) is 11.5 Å². The molecule has 1 saturated carbocycles. The maximum Gasteiger partial charge on any atom is 0.186 e. The van der Waals surface area contributed by atoms with Crippen molar-refractivity contribution in [2.45, 2.75) is 12.5 Å². The van der Waals surface area contributed by atoms with Crippen LogP contribution in [0.15, 0.2) is 4.99 Å². The van der Waals surface area contributed by atoms with Gasteiger partial charge in [0, 0.05) is 5.92 Å². The van der Waals surface area contributed by atoms with Crippen LogP contribution in [0.2, 0.25) is 0 Å². The molecule has 0 spiro atoms. The fourth-order valence-corrected chi connectivity index (χ4v) is 0.686. The van der Waals surface area contributed by atoms with Crippen molar-refractivity contribution >= 4 is 12.2 Å². The molecule has 50 valence electrons. The summed E-state index contributed by atoms with van der Waals surface area (Å²) >= 11 is 0. The van der Waals surface area contributed by atoms with E-state index in [2.05, 4.69) is 4.99 Å². The lowest BCUT2D eigenvalue weighted by atomic mass is 10.5. The highest BCUT2D eigenvalue weighted by Gasteiger charge is 2.36. The Hall–Kier alpha value is -1.06. The van der Waals surface area contributed by atoms with Crippen molar-refractivity contribution in [3.05, 3.63) is 0 Å². The van der Waals surface area contributed by atoms with Crippen molar-refractivity contribution in [2.24, 2.45) is 22.4 Å². The third-order valence-corrected chi connectivity index (χ3v) is 1.29. The van der Waals surface area contributed by atoms with Gasteiger partial charge in [-0.05, 0) is 6.42 Å². The van der Waals surface area contributed by atoms with E-state index < -0.39 is 0 Å². The second kappa shape index (κ2) is 2.05.